The molecule has 0 aliphatic heterocycles. The number of carbonyl (C=O) groups excluding carboxylic acids is 1. The predicted octanol–water partition coefficient (Wildman–Crippen LogP) is 5.53. The number of hydrogen-bond donors (Lipinski definition) is 0. The Bertz CT molecular complexity index is 794. The minimum absolute atomic E-state index is 0.00994. The Hall–Kier alpha value is -1.60. The Morgan fingerprint density at radius 3 is 2.31 bits per heavy atom. The largest absolute Gasteiger partial charge is 0.433 e. The highest BCUT2D eigenvalue weighted by molar-refractivity contribution is 6.39. The summed E-state index contributed by atoms with van der Waals surface area (Å²) in [6, 6.07) is -0.294. The van der Waals surface area contributed by atoms with Crippen molar-refractivity contribution in [2.75, 3.05) is 0 Å². The number of Topliss-reactive ketones (excluding diaryl/α,β-unsaturated/α-hetero) is 1. The van der Waals surface area contributed by atoms with Crippen LogP contribution < -0.4 is 0 Å². The van der Waals surface area contributed by atoms with Crippen LogP contribution in [0.3, 0.4) is 0 Å². The summed E-state index contributed by atoms with van der Waals surface area (Å²) in [4.78, 5) is 16.3. The highest BCUT2D eigenvalue weighted by Crippen LogP contribution is 2.38. The van der Waals surface area contributed by atoms with Crippen LogP contribution in [0.1, 0.15) is 59.8 Å². The zero-order valence-electron chi connectivity index (χ0n) is 13.7. The van der Waals surface area contributed by atoms with Gasteiger partial charge in [0, 0.05) is 24.4 Å². The summed E-state index contributed by atoms with van der Waals surface area (Å²) in [5.41, 5.74) is -1.06. The van der Waals surface area contributed by atoms with Gasteiger partial charge in [-0.1, -0.05) is 42.5 Å². The van der Waals surface area contributed by atoms with Gasteiger partial charge < -0.3 is 0 Å². The standard InChI is InChI=1S/C17H16Cl2F3N3O/c18-12-8-23-9-13(19)15(12)14(26)6-10-7-24-25(16(10)17(20,21)22)11-4-2-1-3-5-11/h7-9,11H,1-6H2. The zero-order chi connectivity index (χ0) is 18.9. The summed E-state index contributed by atoms with van der Waals surface area (Å²) in [6.07, 6.45) is 2.58. The first-order valence-corrected chi connectivity index (χ1v) is 9.00. The minimum atomic E-state index is -4.60. The predicted molar refractivity (Wildman–Crippen MR) is 91.6 cm³/mol. The molecule has 2 aromatic heterocycles. The number of alkyl halides is 3. The molecule has 3 rings (SSSR count). The highest BCUT2D eigenvalue weighted by Gasteiger charge is 2.40. The number of pyridine rings is 1. The molecular formula is C17H16Cl2F3N3O. The summed E-state index contributed by atoms with van der Waals surface area (Å²) in [6.45, 7) is 0. The molecule has 1 fully saturated rings. The maximum absolute atomic E-state index is 13.7. The maximum atomic E-state index is 13.7. The number of rotatable bonds is 4. The number of ketones is 1. The van der Waals surface area contributed by atoms with Crippen LogP contribution in [0, 0.1) is 0 Å². The summed E-state index contributed by atoms with van der Waals surface area (Å²) in [5.74, 6) is -0.601. The Labute approximate surface area is 158 Å². The second-order valence-electron chi connectivity index (χ2n) is 6.33. The van der Waals surface area contributed by atoms with Gasteiger partial charge in [0.1, 0.15) is 5.69 Å². The van der Waals surface area contributed by atoms with Crippen LogP contribution in [0.5, 0.6) is 0 Å². The Morgan fingerprint density at radius 1 is 1.12 bits per heavy atom. The van der Waals surface area contributed by atoms with Crippen LogP contribution in [-0.2, 0) is 12.6 Å². The van der Waals surface area contributed by atoms with Gasteiger partial charge in [0.15, 0.2) is 5.78 Å². The van der Waals surface area contributed by atoms with E-state index in [-0.39, 0.29) is 27.2 Å². The number of aromatic nitrogens is 3. The van der Waals surface area contributed by atoms with Crippen molar-refractivity contribution in [2.45, 2.75) is 50.7 Å². The molecule has 0 N–H and O–H groups in total. The fourth-order valence-electron chi connectivity index (χ4n) is 3.38. The zero-order valence-corrected chi connectivity index (χ0v) is 15.2. The first-order chi connectivity index (χ1) is 12.3. The minimum Gasteiger partial charge on any atom is -0.294 e. The molecule has 26 heavy (non-hydrogen) atoms. The molecule has 0 radical (unpaired) electrons. The molecule has 2 heterocycles. The average molecular weight is 406 g/mol. The fraction of sp³-hybridized carbons (Fsp3) is 0.471. The normalized spacial score (nSPS) is 16.0. The lowest BCUT2D eigenvalue weighted by molar-refractivity contribution is -0.145. The molecule has 1 aliphatic carbocycles. The number of halogens is 5. The van der Waals surface area contributed by atoms with E-state index in [0.29, 0.717) is 12.8 Å². The van der Waals surface area contributed by atoms with E-state index >= 15 is 0 Å². The van der Waals surface area contributed by atoms with Gasteiger partial charge in [0.2, 0.25) is 0 Å². The van der Waals surface area contributed by atoms with E-state index < -0.39 is 24.1 Å². The van der Waals surface area contributed by atoms with Gasteiger partial charge in [0.25, 0.3) is 0 Å². The quantitative estimate of drug-likeness (QED) is 0.627. The molecule has 0 unspecified atom stereocenters. The summed E-state index contributed by atoms with van der Waals surface area (Å²) in [5, 5.41) is 3.98. The molecular weight excluding hydrogens is 390 g/mol. The van der Waals surface area contributed by atoms with Crippen molar-refractivity contribution in [1.82, 2.24) is 14.8 Å². The number of hydrogen-bond acceptors (Lipinski definition) is 3. The smallest absolute Gasteiger partial charge is 0.294 e. The second-order valence-corrected chi connectivity index (χ2v) is 7.15. The van der Waals surface area contributed by atoms with Crippen LogP contribution >= 0.6 is 23.2 Å². The summed E-state index contributed by atoms with van der Waals surface area (Å²) < 4.78 is 42.1. The van der Waals surface area contributed by atoms with Gasteiger partial charge in [-0.15, -0.1) is 0 Å². The van der Waals surface area contributed by atoms with E-state index in [1.165, 1.54) is 12.4 Å². The van der Waals surface area contributed by atoms with Crippen molar-refractivity contribution in [3.8, 4) is 0 Å². The highest BCUT2D eigenvalue weighted by atomic mass is 35.5. The van der Waals surface area contributed by atoms with Gasteiger partial charge in [-0.2, -0.15) is 18.3 Å². The third-order valence-corrected chi connectivity index (χ3v) is 5.12. The van der Waals surface area contributed by atoms with Gasteiger partial charge in [-0.05, 0) is 12.8 Å². The lowest BCUT2D eigenvalue weighted by atomic mass is 9.95. The molecule has 0 saturated heterocycles. The van der Waals surface area contributed by atoms with Crippen molar-refractivity contribution in [2.24, 2.45) is 0 Å². The first-order valence-electron chi connectivity index (χ1n) is 8.25. The van der Waals surface area contributed by atoms with Crippen LogP contribution in [0.2, 0.25) is 10.0 Å². The van der Waals surface area contributed by atoms with E-state index in [2.05, 4.69) is 10.1 Å². The summed E-state index contributed by atoms with van der Waals surface area (Å²) >= 11 is 11.9. The summed E-state index contributed by atoms with van der Waals surface area (Å²) in [7, 11) is 0. The SMILES string of the molecule is O=C(Cc1cnn(C2CCCCC2)c1C(F)(F)F)c1c(Cl)cncc1Cl. The lowest BCUT2D eigenvalue weighted by Gasteiger charge is -2.25. The van der Waals surface area contributed by atoms with E-state index in [0.717, 1.165) is 30.1 Å². The van der Waals surface area contributed by atoms with Gasteiger partial charge >= 0.3 is 6.18 Å². The first kappa shape index (κ1) is 19.2. The third kappa shape index (κ3) is 3.88. The van der Waals surface area contributed by atoms with Crippen molar-refractivity contribution in [3.63, 3.8) is 0 Å². The van der Waals surface area contributed by atoms with E-state index in [1.54, 1.807) is 0 Å². The maximum Gasteiger partial charge on any atom is 0.433 e. The molecule has 1 aliphatic rings. The van der Waals surface area contributed by atoms with Crippen molar-refractivity contribution in [3.05, 3.63) is 45.5 Å². The van der Waals surface area contributed by atoms with Crippen LogP contribution in [0.4, 0.5) is 13.2 Å². The topological polar surface area (TPSA) is 47.8 Å². The molecule has 0 amide bonds. The Morgan fingerprint density at radius 2 is 1.73 bits per heavy atom. The molecule has 140 valence electrons. The van der Waals surface area contributed by atoms with Crippen molar-refractivity contribution >= 4 is 29.0 Å². The van der Waals surface area contributed by atoms with E-state index in [9.17, 15) is 18.0 Å². The molecule has 0 spiro atoms. The Balaban J connectivity index is 1.95. The molecule has 4 nitrogen and oxygen atoms in total. The third-order valence-electron chi connectivity index (χ3n) is 4.54. The van der Waals surface area contributed by atoms with Crippen molar-refractivity contribution in [1.29, 1.82) is 0 Å². The van der Waals surface area contributed by atoms with Crippen LogP contribution in [-0.4, -0.2) is 20.5 Å². The van der Waals surface area contributed by atoms with Crippen LogP contribution in [0.15, 0.2) is 18.6 Å². The average Bonchev–Trinajstić information content (AvgIpc) is 2.99. The molecule has 0 aromatic carbocycles. The molecule has 2 aromatic rings. The molecule has 1 saturated carbocycles. The second kappa shape index (κ2) is 7.56. The number of carbonyl (C=O) groups is 1. The number of nitrogens with zero attached hydrogens (tertiary/aromatic N) is 3. The van der Waals surface area contributed by atoms with E-state index in [1.807, 2.05) is 0 Å². The molecule has 0 bridgehead atoms. The lowest BCUT2D eigenvalue weighted by Crippen LogP contribution is -2.23. The molecule has 0 atom stereocenters. The van der Waals surface area contributed by atoms with Crippen molar-refractivity contribution < 1.29 is 18.0 Å². The van der Waals surface area contributed by atoms with Crippen LogP contribution in [0.25, 0.3) is 0 Å². The van der Waals surface area contributed by atoms with Gasteiger partial charge in [0.05, 0.1) is 27.8 Å². The van der Waals surface area contributed by atoms with Gasteiger partial charge in [-0.3, -0.25) is 14.5 Å². The molecule has 9 heteroatoms. The Kier molecular flexibility index (Phi) is 5.58. The monoisotopic (exact) mass is 405 g/mol. The van der Waals surface area contributed by atoms with E-state index in [4.69, 9.17) is 23.2 Å². The fourth-order valence-corrected chi connectivity index (χ4v) is 3.96. The van der Waals surface area contributed by atoms with Gasteiger partial charge in [-0.25, -0.2) is 0 Å².